The Hall–Kier alpha value is -1.73. The molecule has 0 N–H and O–H groups in total. The van der Waals surface area contributed by atoms with Crippen molar-refractivity contribution in [1.29, 1.82) is 0 Å². The highest BCUT2D eigenvalue weighted by Crippen LogP contribution is 2.42. The molecule has 0 aliphatic carbocycles. The van der Waals surface area contributed by atoms with Crippen LogP contribution < -0.4 is 4.74 Å². The first-order valence-electron chi connectivity index (χ1n) is 5.41. The second-order valence-electron chi connectivity index (χ2n) is 4.08. The summed E-state index contributed by atoms with van der Waals surface area (Å²) >= 11 is 0. The second kappa shape index (κ2) is 5.72. The summed E-state index contributed by atoms with van der Waals surface area (Å²) in [7, 11) is 0. The highest BCUT2D eigenvalue weighted by atomic mass is 19.4. The van der Waals surface area contributed by atoms with E-state index in [-0.39, 0.29) is 5.75 Å². The molecule has 8 heteroatoms. The normalized spacial score (nSPS) is 13.9. The van der Waals surface area contributed by atoms with Crippen LogP contribution >= 0.6 is 0 Å². The summed E-state index contributed by atoms with van der Waals surface area (Å²) in [5.74, 6) is -3.36. The van der Waals surface area contributed by atoms with Gasteiger partial charge in [-0.15, -0.1) is 0 Å². The molecule has 1 unspecified atom stereocenters. The largest absolute Gasteiger partial charge is 0.427 e. The summed E-state index contributed by atoms with van der Waals surface area (Å²) in [6.45, 7) is 1.09. The van der Waals surface area contributed by atoms with E-state index in [0.717, 1.165) is 31.2 Å². The predicted molar refractivity (Wildman–Crippen MR) is 57.2 cm³/mol. The lowest BCUT2D eigenvalue weighted by Gasteiger charge is -2.22. The fourth-order valence-corrected chi connectivity index (χ4v) is 1.59. The predicted octanol–water partition coefficient (Wildman–Crippen LogP) is 4.21. The minimum absolute atomic E-state index is 0.0332. The zero-order valence-electron chi connectivity index (χ0n) is 10.2. The zero-order chi connectivity index (χ0) is 15.6. The fraction of sp³-hybridized carbons (Fsp3) is 0.417. The van der Waals surface area contributed by atoms with Gasteiger partial charge < -0.3 is 4.74 Å². The van der Waals surface area contributed by atoms with Crippen molar-refractivity contribution in [2.24, 2.45) is 0 Å². The molecule has 1 aromatic carbocycles. The monoisotopic (exact) mass is 300 g/mol. The van der Waals surface area contributed by atoms with Crippen molar-refractivity contribution in [3.63, 3.8) is 0 Å². The van der Waals surface area contributed by atoms with Crippen molar-refractivity contribution in [2.45, 2.75) is 31.6 Å². The van der Waals surface area contributed by atoms with Gasteiger partial charge >= 0.3 is 18.3 Å². The van der Waals surface area contributed by atoms with E-state index in [1.807, 2.05) is 0 Å². The van der Waals surface area contributed by atoms with Gasteiger partial charge in [0.1, 0.15) is 5.75 Å². The first-order chi connectivity index (χ1) is 8.99. The van der Waals surface area contributed by atoms with E-state index in [4.69, 9.17) is 0 Å². The molecule has 0 radical (unpaired) electrons. The summed E-state index contributed by atoms with van der Waals surface area (Å²) < 4.78 is 79.2. The van der Waals surface area contributed by atoms with E-state index in [1.165, 1.54) is 0 Å². The number of benzene rings is 1. The van der Waals surface area contributed by atoms with E-state index in [1.54, 1.807) is 0 Å². The van der Waals surface area contributed by atoms with Crippen molar-refractivity contribution in [1.82, 2.24) is 0 Å². The molecule has 0 saturated heterocycles. The number of hydrogen-bond donors (Lipinski definition) is 0. The number of ether oxygens (including phenoxy) is 1. The topological polar surface area (TPSA) is 26.3 Å². The van der Waals surface area contributed by atoms with Crippen LogP contribution in [0.15, 0.2) is 24.3 Å². The number of carbonyl (C=O) groups excluding carboxylic acids is 1. The number of hydrogen-bond acceptors (Lipinski definition) is 2. The Morgan fingerprint density at radius 1 is 1.10 bits per heavy atom. The lowest BCUT2D eigenvalue weighted by Crippen LogP contribution is -2.26. The Labute approximate surface area is 110 Å². The average molecular weight is 300 g/mol. The highest BCUT2D eigenvalue weighted by Gasteiger charge is 2.47. The maximum Gasteiger partial charge on any atom is 0.396 e. The molecule has 0 fully saturated rings. The van der Waals surface area contributed by atoms with Gasteiger partial charge in [0.15, 0.2) is 0 Å². The van der Waals surface area contributed by atoms with Crippen molar-refractivity contribution in [3.8, 4) is 5.75 Å². The first-order valence-corrected chi connectivity index (χ1v) is 5.41. The maximum atomic E-state index is 12.7. The minimum atomic E-state index is -5.02. The minimum Gasteiger partial charge on any atom is -0.427 e. The quantitative estimate of drug-likeness (QED) is 0.475. The molecular formula is C12H10F6O2. The number of halogens is 6. The zero-order valence-corrected chi connectivity index (χ0v) is 10.2. The Morgan fingerprint density at radius 3 is 1.95 bits per heavy atom. The van der Waals surface area contributed by atoms with Crippen molar-refractivity contribution in [3.05, 3.63) is 29.8 Å². The number of alkyl halides is 6. The van der Waals surface area contributed by atoms with Crippen LogP contribution in [0.3, 0.4) is 0 Å². The summed E-state index contributed by atoms with van der Waals surface area (Å²) in [4.78, 5) is 10.6. The number of esters is 1. The molecule has 112 valence electrons. The van der Waals surface area contributed by atoms with Gasteiger partial charge in [-0.1, -0.05) is 12.1 Å². The SMILES string of the molecule is CC(=O)Oc1ccc(C(CC(F)(F)F)C(F)(F)F)cc1. The molecule has 20 heavy (non-hydrogen) atoms. The number of rotatable bonds is 3. The van der Waals surface area contributed by atoms with Crippen LogP contribution in [-0.4, -0.2) is 18.3 Å². The maximum absolute atomic E-state index is 12.7. The lowest BCUT2D eigenvalue weighted by atomic mass is 9.95. The van der Waals surface area contributed by atoms with Crippen LogP contribution in [0.1, 0.15) is 24.8 Å². The first kappa shape index (κ1) is 16.3. The molecule has 0 saturated carbocycles. The van der Waals surface area contributed by atoms with Crippen molar-refractivity contribution in [2.75, 3.05) is 0 Å². The molecule has 2 nitrogen and oxygen atoms in total. The molecule has 0 heterocycles. The summed E-state index contributed by atoms with van der Waals surface area (Å²) in [5.41, 5.74) is -0.536. The van der Waals surface area contributed by atoms with Gasteiger partial charge in [-0.05, 0) is 17.7 Å². The van der Waals surface area contributed by atoms with Crippen LogP contribution in [0.4, 0.5) is 26.3 Å². The van der Waals surface area contributed by atoms with Gasteiger partial charge in [0.05, 0.1) is 12.3 Å². The lowest BCUT2D eigenvalue weighted by molar-refractivity contribution is -0.197. The molecule has 0 aliphatic rings. The third-order valence-electron chi connectivity index (χ3n) is 2.37. The van der Waals surface area contributed by atoms with Crippen LogP contribution in [-0.2, 0) is 4.79 Å². The third-order valence-corrected chi connectivity index (χ3v) is 2.37. The third kappa shape index (κ3) is 5.10. The Kier molecular flexibility index (Phi) is 4.67. The van der Waals surface area contributed by atoms with E-state index in [0.29, 0.717) is 0 Å². The smallest absolute Gasteiger partial charge is 0.396 e. The van der Waals surface area contributed by atoms with Gasteiger partial charge in [0, 0.05) is 6.92 Å². The molecule has 0 aromatic heterocycles. The standard InChI is InChI=1S/C12H10F6O2/c1-7(19)20-9-4-2-8(3-5-9)10(12(16,17)18)6-11(13,14)15/h2-5,10H,6H2,1H3. The van der Waals surface area contributed by atoms with Crippen LogP contribution in [0.2, 0.25) is 0 Å². The Bertz CT molecular complexity index is 460. The molecular weight excluding hydrogens is 290 g/mol. The average Bonchev–Trinajstić information content (AvgIpc) is 2.24. The number of carbonyl (C=O) groups is 1. The molecule has 0 bridgehead atoms. The highest BCUT2D eigenvalue weighted by molar-refractivity contribution is 5.69. The van der Waals surface area contributed by atoms with Crippen LogP contribution in [0.25, 0.3) is 0 Å². The van der Waals surface area contributed by atoms with E-state index >= 15 is 0 Å². The molecule has 1 atom stereocenters. The fourth-order valence-electron chi connectivity index (χ4n) is 1.59. The van der Waals surface area contributed by atoms with Crippen LogP contribution in [0, 0.1) is 0 Å². The molecule has 0 spiro atoms. The molecule has 1 aromatic rings. The summed E-state index contributed by atoms with van der Waals surface area (Å²) in [6, 6.07) is 3.77. The van der Waals surface area contributed by atoms with Crippen molar-refractivity contribution < 1.29 is 35.9 Å². The van der Waals surface area contributed by atoms with Gasteiger partial charge in [0.25, 0.3) is 0 Å². The van der Waals surface area contributed by atoms with Crippen LogP contribution in [0.5, 0.6) is 5.75 Å². The molecule has 1 rings (SSSR count). The van der Waals surface area contributed by atoms with E-state index in [2.05, 4.69) is 4.74 Å². The van der Waals surface area contributed by atoms with Gasteiger partial charge in [-0.25, -0.2) is 0 Å². The Morgan fingerprint density at radius 2 is 1.60 bits per heavy atom. The molecule has 0 amide bonds. The van der Waals surface area contributed by atoms with E-state index < -0.39 is 36.2 Å². The molecule has 0 aliphatic heterocycles. The second-order valence-corrected chi connectivity index (χ2v) is 4.08. The van der Waals surface area contributed by atoms with Gasteiger partial charge in [-0.2, -0.15) is 26.3 Å². The van der Waals surface area contributed by atoms with Gasteiger partial charge in [0.2, 0.25) is 0 Å². The van der Waals surface area contributed by atoms with Crippen molar-refractivity contribution >= 4 is 5.97 Å². The summed E-state index contributed by atoms with van der Waals surface area (Å²) in [5, 5.41) is 0. The van der Waals surface area contributed by atoms with Gasteiger partial charge in [-0.3, -0.25) is 4.79 Å². The van der Waals surface area contributed by atoms with E-state index in [9.17, 15) is 31.1 Å². The Balaban J connectivity index is 3.00. The summed E-state index contributed by atoms with van der Waals surface area (Å²) in [6.07, 6.45) is -11.9.